The van der Waals surface area contributed by atoms with Crippen LogP contribution in [0.4, 0.5) is 0 Å². The Hall–Kier alpha value is -1.64. The first-order valence-electron chi connectivity index (χ1n) is 1.44. The predicted octanol–water partition coefficient (Wildman–Crippen LogP) is -1.71. The molecule has 0 radical (unpaired) electrons. The lowest BCUT2D eigenvalue weighted by molar-refractivity contribution is -0.742. The zero-order valence-electron chi connectivity index (χ0n) is 4.05. The highest BCUT2D eigenvalue weighted by molar-refractivity contribution is 3.91. The Labute approximate surface area is 48.3 Å². The van der Waals surface area contributed by atoms with Crippen LogP contribution in [0.25, 0.3) is 0 Å². The number of hydrogen-bond donors (Lipinski definition) is 3. The number of nitrogens with one attached hydrogen (secondary N) is 1. The van der Waals surface area contributed by atoms with Gasteiger partial charge in [0.2, 0.25) is 0 Å². The molecule has 4 N–H and O–H groups in total. The van der Waals surface area contributed by atoms with E-state index >= 15 is 0 Å². The fraction of sp³-hybridized carbons (Fsp3) is 0. The third-order valence-corrected chi connectivity index (χ3v) is 0.105. The largest absolute Gasteiger partial charge is 0.328 e. The molecular weight excluding hydrogens is 136 g/mol. The molecule has 0 unspecified atom stereocenters. The van der Waals surface area contributed by atoms with Crippen molar-refractivity contribution in [2.45, 2.75) is 0 Å². The molecule has 54 valence electrons. The monoisotopic (exact) mass is 140 g/mol. The molecule has 0 aromatic rings. The van der Waals surface area contributed by atoms with E-state index in [0.717, 1.165) is 0 Å². The van der Waals surface area contributed by atoms with Crippen LogP contribution in [0, 0.1) is 20.2 Å². The van der Waals surface area contributed by atoms with Gasteiger partial charge in [-0.15, -0.1) is 10.1 Å². The number of nitro groups is 1. The highest BCUT2D eigenvalue weighted by Crippen LogP contribution is 1.38. The van der Waals surface area contributed by atoms with Gasteiger partial charge in [0.25, 0.3) is 5.09 Å². The fourth-order valence-corrected chi connectivity index (χ4v) is 0. The van der Waals surface area contributed by atoms with Crippen LogP contribution in [0.5, 0.6) is 0 Å². The van der Waals surface area contributed by atoms with Crippen molar-refractivity contribution >= 4 is 0 Å². The SMILES string of the molecule is NN[N+](=O)[O-].O=[N+]([O-])O. The third-order valence-electron chi connectivity index (χ3n) is 0.105. The van der Waals surface area contributed by atoms with Crippen LogP contribution in [0.1, 0.15) is 0 Å². The van der Waals surface area contributed by atoms with E-state index in [2.05, 4.69) is 5.84 Å². The smallest absolute Gasteiger partial charge is 0.291 e. The minimum absolute atomic E-state index is 0.847. The molecule has 0 saturated carbocycles. The summed E-state index contributed by atoms with van der Waals surface area (Å²) in [5.41, 5.74) is 1.25. The normalized spacial score (nSPS) is 6.33. The van der Waals surface area contributed by atoms with Crippen LogP contribution in [-0.2, 0) is 0 Å². The van der Waals surface area contributed by atoms with Gasteiger partial charge in [-0.05, 0) is 0 Å². The Morgan fingerprint density at radius 3 is 1.56 bits per heavy atom. The second kappa shape index (κ2) is 6.36. The van der Waals surface area contributed by atoms with Crippen molar-refractivity contribution in [1.82, 2.24) is 5.53 Å². The maximum absolute atomic E-state index is 8.94. The summed E-state index contributed by atoms with van der Waals surface area (Å²) >= 11 is 0. The predicted molar refractivity (Wildman–Crippen MR) is 23.1 cm³/mol. The number of nitrogens with zero attached hydrogens (tertiary/aromatic N) is 2. The van der Waals surface area contributed by atoms with Gasteiger partial charge in [0, 0.05) is 0 Å². The maximum atomic E-state index is 8.94. The van der Waals surface area contributed by atoms with Gasteiger partial charge in [0.1, 0.15) is 0 Å². The van der Waals surface area contributed by atoms with Crippen molar-refractivity contribution in [3.05, 3.63) is 20.2 Å². The zero-order valence-corrected chi connectivity index (χ0v) is 4.05. The van der Waals surface area contributed by atoms with E-state index < -0.39 is 10.1 Å². The lowest BCUT2D eigenvalue weighted by atomic mass is 12.5. The fourth-order valence-electron chi connectivity index (χ4n) is 0. The summed E-state index contributed by atoms with van der Waals surface area (Å²) < 4.78 is 0. The molecule has 9 heavy (non-hydrogen) atoms. The molecule has 0 saturated heterocycles. The second-order valence-electron chi connectivity index (χ2n) is 0.624. The standard InChI is InChI=1S/H3N3O2.HNO3/c1-2-3(4)5;2-1(3)4/h2H,1H2;(H,2,3,4). The average Bonchev–Trinajstić information content (AvgIpc) is 1.65. The maximum Gasteiger partial charge on any atom is 0.291 e. The zero-order chi connectivity index (χ0) is 7.86. The van der Waals surface area contributed by atoms with Gasteiger partial charge in [-0.25, -0.2) is 10.1 Å². The highest BCUT2D eigenvalue weighted by Gasteiger charge is 1.73. The summed E-state index contributed by atoms with van der Waals surface area (Å²) in [7, 11) is 0. The quantitative estimate of drug-likeness (QED) is 0.223. The Balaban J connectivity index is 0. The Morgan fingerprint density at radius 2 is 1.56 bits per heavy atom. The first-order valence-corrected chi connectivity index (χ1v) is 1.44. The van der Waals surface area contributed by atoms with Crippen LogP contribution in [0.15, 0.2) is 0 Å². The number of hydrazine groups is 2. The topological polar surface area (TPSA) is 145 Å². The molecule has 0 heterocycles. The van der Waals surface area contributed by atoms with E-state index in [4.69, 9.17) is 25.4 Å². The first kappa shape index (κ1) is 10.4. The summed E-state index contributed by atoms with van der Waals surface area (Å²) in [6, 6.07) is 0. The van der Waals surface area contributed by atoms with E-state index in [-0.39, 0.29) is 0 Å². The highest BCUT2D eigenvalue weighted by atomic mass is 16.9. The van der Waals surface area contributed by atoms with Crippen molar-refractivity contribution in [2.75, 3.05) is 0 Å². The molecular formula is H4N4O5. The van der Waals surface area contributed by atoms with Crippen LogP contribution in [-0.4, -0.2) is 15.3 Å². The Morgan fingerprint density at radius 1 is 1.44 bits per heavy atom. The number of hydrogen-bond acceptors (Lipinski definition) is 5. The summed E-state index contributed by atoms with van der Waals surface area (Å²) in [6.45, 7) is 0. The molecule has 0 fully saturated rings. The average molecular weight is 140 g/mol. The molecule has 0 aromatic carbocycles. The van der Waals surface area contributed by atoms with E-state index in [1.165, 1.54) is 5.53 Å². The molecule has 0 rings (SSSR count). The lowest BCUT2D eigenvalue weighted by Gasteiger charge is -1.76. The number of rotatable bonds is 1. The molecule has 0 aliphatic carbocycles. The molecule has 0 aromatic heterocycles. The van der Waals surface area contributed by atoms with Crippen LogP contribution in [0.2, 0.25) is 0 Å². The summed E-state index contributed by atoms with van der Waals surface area (Å²) in [5.74, 6) is 4.22. The Kier molecular flexibility index (Phi) is 7.32. The van der Waals surface area contributed by atoms with Gasteiger partial charge in [0.15, 0.2) is 5.03 Å². The van der Waals surface area contributed by atoms with Crippen LogP contribution in [0.3, 0.4) is 0 Å². The minimum Gasteiger partial charge on any atom is -0.328 e. The van der Waals surface area contributed by atoms with Gasteiger partial charge >= 0.3 is 0 Å². The van der Waals surface area contributed by atoms with Crippen molar-refractivity contribution in [1.29, 1.82) is 0 Å². The van der Waals surface area contributed by atoms with Crippen molar-refractivity contribution < 1.29 is 15.3 Å². The third kappa shape index (κ3) is 933. The van der Waals surface area contributed by atoms with Gasteiger partial charge < -0.3 is 5.21 Å². The van der Waals surface area contributed by atoms with Crippen LogP contribution >= 0.6 is 0 Å². The van der Waals surface area contributed by atoms with Crippen molar-refractivity contribution in [3.63, 3.8) is 0 Å². The summed E-state index contributed by atoms with van der Waals surface area (Å²) in [4.78, 5) is 17.3. The van der Waals surface area contributed by atoms with Crippen molar-refractivity contribution in [3.8, 4) is 0 Å². The first-order chi connectivity index (χ1) is 4.00. The molecule has 0 bridgehead atoms. The molecule has 0 aliphatic rings. The second-order valence-corrected chi connectivity index (χ2v) is 0.624. The van der Waals surface area contributed by atoms with Gasteiger partial charge in [0.05, 0.1) is 0 Å². The van der Waals surface area contributed by atoms with Gasteiger partial charge in [-0.3, -0.25) is 0 Å². The molecule has 9 heteroatoms. The van der Waals surface area contributed by atoms with Gasteiger partial charge in [-0.1, -0.05) is 5.53 Å². The molecule has 0 atom stereocenters. The summed E-state index contributed by atoms with van der Waals surface area (Å²) in [5, 5.41) is 21.7. The molecule has 9 nitrogen and oxygen atoms in total. The van der Waals surface area contributed by atoms with E-state index in [1.54, 1.807) is 0 Å². The minimum atomic E-state index is -1.50. The molecule has 0 amide bonds. The number of nitrogens with two attached hydrogens (primary N) is 1. The van der Waals surface area contributed by atoms with Gasteiger partial charge in [-0.2, -0.15) is 5.84 Å². The summed E-state index contributed by atoms with van der Waals surface area (Å²) in [6.07, 6.45) is 0. The van der Waals surface area contributed by atoms with Crippen molar-refractivity contribution in [2.24, 2.45) is 5.84 Å². The molecule has 0 aliphatic heterocycles. The Bertz CT molecular complexity index is 93.1. The van der Waals surface area contributed by atoms with E-state index in [0.29, 0.717) is 0 Å². The lowest BCUT2D eigenvalue weighted by Crippen LogP contribution is -2.28. The van der Waals surface area contributed by atoms with Crippen LogP contribution < -0.4 is 11.4 Å². The molecule has 0 spiro atoms. The van der Waals surface area contributed by atoms with E-state index in [1.807, 2.05) is 0 Å². The van der Waals surface area contributed by atoms with E-state index in [9.17, 15) is 0 Å².